The quantitative estimate of drug-likeness (QED) is 0.774. The van der Waals surface area contributed by atoms with Crippen LogP contribution in [0.4, 0.5) is 0 Å². The molecule has 96 valence electrons. The van der Waals surface area contributed by atoms with E-state index in [1.165, 1.54) is 0 Å². The van der Waals surface area contributed by atoms with E-state index in [1.807, 2.05) is 13.8 Å². The normalized spacial score (nSPS) is 13.8. The average molecular weight is 228 g/mol. The fourth-order valence-corrected chi connectivity index (χ4v) is 0.898. The van der Waals surface area contributed by atoms with Gasteiger partial charge in [-0.25, -0.2) is 0 Å². The SMILES string of the molecule is CC(C)(CN)C(=O)NCC(C)(C)C(C)(C)C. The molecule has 0 saturated carbocycles. The van der Waals surface area contributed by atoms with Gasteiger partial charge >= 0.3 is 0 Å². The minimum Gasteiger partial charge on any atom is -0.355 e. The second kappa shape index (κ2) is 4.74. The van der Waals surface area contributed by atoms with E-state index in [-0.39, 0.29) is 16.7 Å². The van der Waals surface area contributed by atoms with Gasteiger partial charge in [0.2, 0.25) is 5.91 Å². The third kappa shape index (κ3) is 3.78. The Morgan fingerprint density at radius 2 is 1.50 bits per heavy atom. The topological polar surface area (TPSA) is 55.1 Å². The van der Waals surface area contributed by atoms with Gasteiger partial charge in [0, 0.05) is 13.1 Å². The van der Waals surface area contributed by atoms with Crippen LogP contribution in [0.5, 0.6) is 0 Å². The number of carbonyl (C=O) groups is 1. The van der Waals surface area contributed by atoms with Crippen molar-refractivity contribution in [3.63, 3.8) is 0 Å². The van der Waals surface area contributed by atoms with Gasteiger partial charge in [0.15, 0.2) is 0 Å². The smallest absolute Gasteiger partial charge is 0.226 e. The molecule has 0 atom stereocenters. The Bertz CT molecular complexity index is 249. The maximum absolute atomic E-state index is 11.9. The van der Waals surface area contributed by atoms with E-state index in [2.05, 4.69) is 39.9 Å². The summed E-state index contributed by atoms with van der Waals surface area (Å²) in [6.45, 7) is 15.7. The lowest BCUT2D eigenvalue weighted by atomic mass is 9.69. The lowest BCUT2D eigenvalue weighted by Gasteiger charge is -2.39. The monoisotopic (exact) mass is 228 g/mol. The second-order valence-electron chi connectivity index (χ2n) is 6.90. The third-order valence-electron chi connectivity index (χ3n) is 3.85. The van der Waals surface area contributed by atoms with Crippen LogP contribution in [0.3, 0.4) is 0 Å². The number of nitrogens with one attached hydrogen (secondary N) is 1. The first-order valence-corrected chi connectivity index (χ1v) is 5.92. The summed E-state index contributed by atoms with van der Waals surface area (Å²) in [7, 11) is 0. The number of rotatable bonds is 4. The molecule has 0 spiro atoms. The van der Waals surface area contributed by atoms with Gasteiger partial charge in [-0.3, -0.25) is 4.79 Å². The summed E-state index contributed by atoms with van der Waals surface area (Å²) in [4.78, 5) is 11.9. The van der Waals surface area contributed by atoms with Crippen LogP contribution in [0.15, 0.2) is 0 Å². The molecule has 0 saturated heterocycles. The van der Waals surface area contributed by atoms with Crippen molar-refractivity contribution in [3.8, 4) is 0 Å². The molecule has 0 aliphatic heterocycles. The van der Waals surface area contributed by atoms with Crippen LogP contribution in [0.2, 0.25) is 0 Å². The zero-order valence-corrected chi connectivity index (χ0v) is 11.9. The standard InChI is InChI=1S/C13H28N2O/c1-11(2,3)13(6,7)9-15-10(16)12(4,5)8-14/h8-9,14H2,1-7H3,(H,15,16). The molecule has 0 aliphatic carbocycles. The molecule has 0 radical (unpaired) electrons. The Kier molecular flexibility index (Phi) is 4.57. The van der Waals surface area contributed by atoms with Gasteiger partial charge in [-0.15, -0.1) is 0 Å². The van der Waals surface area contributed by atoms with E-state index in [1.54, 1.807) is 0 Å². The summed E-state index contributed by atoms with van der Waals surface area (Å²) < 4.78 is 0. The van der Waals surface area contributed by atoms with Crippen LogP contribution in [0.1, 0.15) is 48.5 Å². The highest BCUT2D eigenvalue weighted by Gasteiger charge is 2.34. The van der Waals surface area contributed by atoms with Crippen molar-refractivity contribution in [2.75, 3.05) is 13.1 Å². The summed E-state index contributed by atoms with van der Waals surface area (Å²) in [6.07, 6.45) is 0. The lowest BCUT2D eigenvalue weighted by Crippen LogP contribution is -2.47. The average Bonchev–Trinajstić information content (AvgIpc) is 2.12. The minimum atomic E-state index is -0.478. The van der Waals surface area contributed by atoms with E-state index in [0.29, 0.717) is 13.1 Å². The Labute approximate surface area is 100 Å². The van der Waals surface area contributed by atoms with Crippen LogP contribution in [-0.4, -0.2) is 19.0 Å². The molecule has 3 nitrogen and oxygen atoms in total. The Hall–Kier alpha value is -0.570. The van der Waals surface area contributed by atoms with E-state index >= 15 is 0 Å². The third-order valence-corrected chi connectivity index (χ3v) is 3.85. The summed E-state index contributed by atoms with van der Waals surface area (Å²) in [5.74, 6) is 0.0346. The highest BCUT2D eigenvalue weighted by atomic mass is 16.2. The number of hydrogen-bond donors (Lipinski definition) is 2. The molecular weight excluding hydrogens is 200 g/mol. The van der Waals surface area contributed by atoms with Gasteiger partial charge in [-0.1, -0.05) is 34.6 Å². The predicted molar refractivity (Wildman–Crippen MR) is 69.1 cm³/mol. The van der Waals surface area contributed by atoms with Crippen LogP contribution in [0.25, 0.3) is 0 Å². The fourth-order valence-electron chi connectivity index (χ4n) is 0.898. The molecule has 0 heterocycles. The van der Waals surface area contributed by atoms with Crippen molar-refractivity contribution in [2.45, 2.75) is 48.5 Å². The summed E-state index contributed by atoms with van der Waals surface area (Å²) in [6, 6.07) is 0. The van der Waals surface area contributed by atoms with Crippen LogP contribution >= 0.6 is 0 Å². The first kappa shape index (κ1) is 15.4. The molecular formula is C13H28N2O. The maximum Gasteiger partial charge on any atom is 0.226 e. The molecule has 0 rings (SSSR count). The van der Waals surface area contributed by atoms with Gasteiger partial charge in [-0.2, -0.15) is 0 Å². The summed E-state index contributed by atoms with van der Waals surface area (Å²) >= 11 is 0. The van der Waals surface area contributed by atoms with Gasteiger partial charge in [0.1, 0.15) is 0 Å². The molecule has 3 heteroatoms. The molecule has 1 amide bonds. The van der Waals surface area contributed by atoms with Crippen LogP contribution in [-0.2, 0) is 4.79 Å². The molecule has 0 aliphatic rings. The Morgan fingerprint density at radius 1 is 1.06 bits per heavy atom. The Balaban J connectivity index is 4.43. The molecule has 0 fully saturated rings. The largest absolute Gasteiger partial charge is 0.355 e. The zero-order valence-electron chi connectivity index (χ0n) is 11.9. The molecule has 0 aromatic rings. The number of hydrogen-bond acceptors (Lipinski definition) is 2. The van der Waals surface area contributed by atoms with E-state index < -0.39 is 5.41 Å². The zero-order chi connectivity index (χ0) is 13.2. The van der Waals surface area contributed by atoms with Crippen molar-refractivity contribution in [1.29, 1.82) is 0 Å². The molecule has 16 heavy (non-hydrogen) atoms. The maximum atomic E-state index is 11.9. The Morgan fingerprint density at radius 3 is 1.81 bits per heavy atom. The molecule has 3 N–H and O–H groups in total. The number of amides is 1. The first-order valence-electron chi connectivity index (χ1n) is 5.92. The highest BCUT2D eigenvalue weighted by molar-refractivity contribution is 5.82. The predicted octanol–water partition coefficient (Wildman–Crippen LogP) is 2.16. The molecule has 0 bridgehead atoms. The van der Waals surface area contributed by atoms with Gasteiger partial charge in [0.05, 0.1) is 5.41 Å². The van der Waals surface area contributed by atoms with Crippen LogP contribution < -0.4 is 11.1 Å². The first-order chi connectivity index (χ1) is 6.94. The minimum absolute atomic E-state index is 0.0346. The number of carbonyl (C=O) groups excluding carboxylic acids is 1. The van der Waals surface area contributed by atoms with Crippen LogP contribution in [0, 0.1) is 16.2 Å². The summed E-state index contributed by atoms with van der Waals surface area (Å²) in [5.41, 5.74) is 5.32. The fraction of sp³-hybridized carbons (Fsp3) is 0.923. The van der Waals surface area contributed by atoms with Gasteiger partial charge in [0.25, 0.3) is 0 Å². The lowest BCUT2D eigenvalue weighted by molar-refractivity contribution is -0.129. The van der Waals surface area contributed by atoms with Crippen molar-refractivity contribution < 1.29 is 4.79 Å². The summed E-state index contributed by atoms with van der Waals surface area (Å²) in [5, 5.41) is 3.00. The van der Waals surface area contributed by atoms with E-state index in [9.17, 15) is 4.79 Å². The van der Waals surface area contributed by atoms with Crippen molar-refractivity contribution in [3.05, 3.63) is 0 Å². The van der Waals surface area contributed by atoms with E-state index in [0.717, 1.165) is 0 Å². The van der Waals surface area contributed by atoms with Crippen molar-refractivity contribution in [2.24, 2.45) is 22.0 Å². The molecule has 0 aromatic carbocycles. The van der Waals surface area contributed by atoms with Crippen molar-refractivity contribution >= 4 is 5.91 Å². The van der Waals surface area contributed by atoms with Crippen molar-refractivity contribution in [1.82, 2.24) is 5.32 Å². The second-order valence-corrected chi connectivity index (χ2v) is 6.90. The van der Waals surface area contributed by atoms with Gasteiger partial charge < -0.3 is 11.1 Å². The highest BCUT2D eigenvalue weighted by Crippen LogP contribution is 2.37. The molecule has 0 unspecified atom stereocenters. The van der Waals surface area contributed by atoms with Gasteiger partial charge in [-0.05, 0) is 24.7 Å². The van der Waals surface area contributed by atoms with E-state index in [4.69, 9.17) is 5.73 Å². The number of nitrogens with two attached hydrogens (primary N) is 1. The molecule has 0 aromatic heterocycles.